The molecule has 0 unspecified atom stereocenters. The Morgan fingerprint density at radius 3 is 2.54 bits per heavy atom. The van der Waals surface area contributed by atoms with Gasteiger partial charge in [0.05, 0.1) is 23.6 Å². The average Bonchev–Trinajstić information content (AvgIpc) is 3.14. The van der Waals surface area contributed by atoms with Crippen LogP contribution in [-0.4, -0.2) is 55.0 Å². The number of furan rings is 1. The van der Waals surface area contributed by atoms with Crippen LogP contribution in [0.25, 0.3) is 0 Å². The highest BCUT2D eigenvalue weighted by Gasteiger charge is 2.40. The van der Waals surface area contributed by atoms with Crippen molar-refractivity contribution < 1.29 is 17.9 Å². The molecule has 0 aliphatic carbocycles. The molecule has 2 atom stereocenters. The van der Waals surface area contributed by atoms with Gasteiger partial charge in [-0.05, 0) is 38.2 Å². The third-order valence-electron chi connectivity index (χ3n) is 4.37. The number of aliphatic hydroxyl groups excluding tert-OH is 1. The Bertz CT molecular complexity index is 788. The summed E-state index contributed by atoms with van der Waals surface area (Å²) in [6.45, 7) is 2.76. The standard InChI is InChI=1S/C17H22N2O4S/c1-13-8-9-14(23-13)10-18(2)16-11-19(12-17(16)20)24(21,22)15-6-4-3-5-7-15/h3-9,16-17,20H,10-12H2,1-2H3/t16-,17-/m0/s1. The van der Waals surface area contributed by atoms with E-state index in [1.165, 1.54) is 4.31 Å². The van der Waals surface area contributed by atoms with Crippen LogP contribution in [0.4, 0.5) is 0 Å². The zero-order valence-corrected chi connectivity index (χ0v) is 14.6. The van der Waals surface area contributed by atoms with Gasteiger partial charge in [-0.15, -0.1) is 0 Å². The lowest BCUT2D eigenvalue weighted by Crippen LogP contribution is -2.40. The number of rotatable bonds is 5. The molecule has 6 nitrogen and oxygen atoms in total. The fourth-order valence-electron chi connectivity index (χ4n) is 3.04. The molecule has 0 amide bonds. The minimum Gasteiger partial charge on any atom is -0.465 e. The van der Waals surface area contributed by atoms with Crippen LogP contribution in [0, 0.1) is 6.92 Å². The molecule has 130 valence electrons. The Morgan fingerprint density at radius 2 is 1.92 bits per heavy atom. The SMILES string of the molecule is Cc1ccc(CN(C)[C@H]2CN(S(=O)(=O)c3ccccc3)C[C@@H]2O)o1. The molecule has 3 rings (SSSR count). The summed E-state index contributed by atoms with van der Waals surface area (Å²) in [4.78, 5) is 2.19. The van der Waals surface area contributed by atoms with Crippen LogP contribution in [0.2, 0.25) is 0 Å². The van der Waals surface area contributed by atoms with Crippen LogP contribution in [0.15, 0.2) is 51.8 Å². The normalized spacial score (nSPS) is 22.3. The van der Waals surface area contributed by atoms with E-state index in [4.69, 9.17) is 4.42 Å². The maximum Gasteiger partial charge on any atom is 0.243 e. The molecule has 0 spiro atoms. The molecular weight excluding hydrogens is 328 g/mol. The predicted molar refractivity (Wildman–Crippen MR) is 89.9 cm³/mol. The van der Waals surface area contributed by atoms with Crippen molar-refractivity contribution in [2.45, 2.75) is 30.5 Å². The van der Waals surface area contributed by atoms with Crippen LogP contribution >= 0.6 is 0 Å². The zero-order chi connectivity index (χ0) is 17.3. The lowest BCUT2D eigenvalue weighted by atomic mass is 10.2. The van der Waals surface area contributed by atoms with Crippen molar-refractivity contribution in [2.75, 3.05) is 20.1 Å². The van der Waals surface area contributed by atoms with E-state index in [2.05, 4.69) is 0 Å². The van der Waals surface area contributed by atoms with Gasteiger partial charge in [0.2, 0.25) is 10.0 Å². The van der Waals surface area contributed by atoms with Gasteiger partial charge in [-0.3, -0.25) is 4.90 Å². The van der Waals surface area contributed by atoms with Crippen molar-refractivity contribution >= 4 is 10.0 Å². The Labute approximate surface area is 142 Å². The lowest BCUT2D eigenvalue weighted by Gasteiger charge is -2.25. The van der Waals surface area contributed by atoms with Crippen molar-refractivity contribution in [3.05, 3.63) is 54.0 Å². The number of aliphatic hydroxyl groups is 1. The number of β-amino-alcohol motifs (C(OH)–C–C–N with tert-alkyl or cyclic N) is 1. The van der Waals surface area contributed by atoms with Crippen LogP contribution < -0.4 is 0 Å². The lowest BCUT2D eigenvalue weighted by molar-refractivity contribution is 0.0912. The van der Waals surface area contributed by atoms with Crippen molar-refractivity contribution in [3.63, 3.8) is 0 Å². The van der Waals surface area contributed by atoms with E-state index < -0.39 is 16.1 Å². The first kappa shape index (κ1) is 17.2. The largest absolute Gasteiger partial charge is 0.465 e. The molecule has 24 heavy (non-hydrogen) atoms. The highest BCUT2D eigenvalue weighted by atomic mass is 32.2. The fourth-order valence-corrected chi connectivity index (χ4v) is 4.54. The molecule has 1 N–H and O–H groups in total. The van der Waals surface area contributed by atoms with Crippen LogP contribution in [-0.2, 0) is 16.6 Å². The van der Waals surface area contributed by atoms with Gasteiger partial charge in [0, 0.05) is 13.1 Å². The third-order valence-corrected chi connectivity index (χ3v) is 6.22. The summed E-state index contributed by atoms with van der Waals surface area (Å²) in [6, 6.07) is 11.8. The first-order valence-electron chi connectivity index (χ1n) is 7.87. The minimum absolute atomic E-state index is 0.101. The number of hydrogen-bond donors (Lipinski definition) is 1. The summed E-state index contributed by atoms with van der Waals surface area (Å²) in [5.41, 5.74) is 0. The molecule has 1 aromatic carbocycles. The topological polar surface area (TPSA) is 74.0 Å². The smallest absolute Gasteiger partial charge is 0.243 e. The summed E-state index contributed by atoms with van der Waals surface area (Å²) in [7, 11) is -1.72. The van der Waals surface area contributed by atoms with Gasteiger partial charge in [-0.25, -0.2) is 8.42 Å². The number of nitrogens with zero attached hydrogens (tertiary/aromatic N) is 2. The van der Waals surface area contributed by atoms with Crippen LogP contribution in [0.1, 0.15) is 11.5 Å². The molecule has 1 aromatic heterocycles. The molecule has 1 aliphatic rings. The highest BCUT2D eigenvalue weighted by Crippen LogP contribution is 2.24. The van der Waals surface area contributed by atoms with Crippen molar-refractivity contribution in [3.8, 4) is 0 Å². The van der Waals surface area contributed by atoms with E-state index in [1.54, 1.807) is 30.3 Å². The fraction of sp³-hybridized carbons (Fsp3) is 0.412. The van der Waals surface area contributed by atoms with Gasteiger partial charge >= 0.3 is 0 Å². The second kappa shape index (κ2) is 6.68. The van der Waals surface area contributed by atoms with E-state index in [1.807, 2.05) is 31.0 Å². The van der Waals surface area contributed by atoms with E-state index in [0.717, 1.165) is 11.5 Å². The molecule has 2 aromatic rings. The Hall–Kier alpha value is -1.67. The first-order chi connectivity index (χ1) is 11.4. The van der Waals surface area contributed by atoms with E-state index >= 15 is 0 Å². The Morgan fingerprint density at radius 1 is 1.21 bits per heavy atom. The maximum atomic E-state index is 12.7. The minimum atomic E-state index is -3.58. The van der Waals surface area contributed by atoms with Crippen molar-refractivity contribution in [1.29, 1.82) is 0 Å². The highest BCUT2D eigenvalue weighted by molar-refractivity contribution is 7.89. The van der Waals surface area contributed by atoms with Gasteiger partial charge in [0.15, 0.2) is 0 Å². The van der Waals surface area contributed by atoms with Crippen LogP contribution in [0.5, 0.6) is 0 Å². The van der Waals surface area contributed by atoms with Crippen molar-refractivity contribution in [2.24, 2.45) is 0 Å². The number of hydrogen-bond acceptors (Lipinski definition) is 5. The zero-order valence-electron chi connectivity index (χ0n) is 13.8. The molecule has 0 saturated carbocycles. The number of aryl methyl sites for hydroxylation is 1. The molecular formula is C17H22N2O4S. The third kappa shape index (κ3) is 3.39. The molecule has 7 heteroatoms. The average molecular weight is 350 g/mol. The Balaban J connectivity index is 1.72. The summed E-state index contributed by atoms with van der Waals surface area (Å²) in [6.07, 6.45) is -0.732. The van der Waals surface area contributed by atoms with E-state index in [-0.39, 0.29) is 24.0 Å². The molecule has 1 saturated heterocycles. The van der Waals surface area contributed by atoms with Gasteiger partial charge in [-0.2, -0.15) is 4.31 Å². The van der Waals surface area contributed by atoms with Crippen LogP contribution in [0.3, 0.4) is 0 Å². The van der Waals surface area contributed by atoms with E-state index in [9.17, 15) is 13.5 Å². The maximum absolute atomic E-state index is 12.7. The summed E-state index contributed by atoms with van der Waals surface area (Å²) in [5, 5.41) is 10.3. The van der Waals surface area contributed by atoms with Gasteiger partial charge in [-0.1, -0.05) is 18.2 Å². The summed E-state index contributed by atoms with van der Waals surface area (Å²) in [5.74, 6) is 1.63. The Kier molecular flexibility index (Phi) is 4.78. The van der Waals surface area contributed by atoms with E-state index in [0.29, 0.717) is 6.54 Å². The summed E-state index contributed by atoms with van der Waals surface area (Å²) >= 11 is 0. The van der Waals surface area contributed by atoms with Gasteiger partial charge in [0.25, 0.3) is 0 Å². The molecule has 0 bridgehead atoms. The van der Waals surface area contributed by atoms with Crippen molar-refractivity contribution in [1.82, 2.24) is 9.21 Å². The quantitative estimate of drug-likeness (QED) is 0.884. The molecule has 1 fully saturated rings. The number of benzene rings is 1. The molecule has 1 aliphatic heterocycles. The number of sulfonamides is 1. The van der Waals surface area contributed by atoms with Gasteiger partial charge < -0.3 is 9.52 Å². The molecule has 2 heterocycles. The summed E-state index contributed by atoms with van der Waals surface area (Å²) < 4.78 is 32.3. The molecule has 0 radical (unpaired) electrons. The monoisotopic (exact) mass is 350 g/mol. The number of likely N-dealkylation sites (N-methyl/N-ethyl adjacent to an activating group) is 1. The second-order valence-electron chi connectivity index (χ2n) is 6.20. The second-order valence-corrected chi connectivity index (χ2v) is 8.14. The first-order valence-corrected chi connectivity index (χ1v) is 9.31. The van der Waals surface area contributed by atoms with Gasteiger partial charge in [0.1, 0.15) is 11.5 Å². The predicted octanol–water partition coefficient (Wildman–Crippen LogP) is 1.45.